The van der Waals surface area contributed by atoms with E-state index < -0.39 is 0 Å². The second kappa shape index (κ2) is 4.87. The first-order valence-electron chi connectivity index (χ1n) is 6.20. The first-order chi connectivity index (χ1) is 7.76. The minimum absolute atomic E-state index is 0.458. The highest BCUT2D eigenvalue weighted by atomic mass is 15.3. The molecule has 1 fully saturated rings. The number of hydrogen-bond acceptors (Lipinski definition) is 3. The third-order valence-electron chi connectivity index (χ3n) is 3.73. The molecule has 2 atom stereocenters. The summed E-state index contributed by atoms with van der Waals surface area (Å²) in [6, 6.07) is 0.458. The molecule has 0 aromatic carbocycles. The Morgan fingerprint density at radius 3 is 2.94 bits per heavy atom. The minimum Gasteiger partial charge on any atom is -0.338 e. The number of piperidine rings is 1. The van der Waals surface area contributed by atoms with E-state index in [4.69, 9.17) is 5.73 Å². The molecule has 2 unspecified atom stereocenters. The van der Waals surface area contributed by atoms with Gasteiger partial charge in [-0.2, -0.15) is 0 Å². The maximum Gasteiger partial charge on any atom is 0.205 e. The van der Waals surface area contributed by atoms with Crippen LogP contribution in [0.1, 0.15) is 26.2 Å². The Morgan fingerprint density at radius 1 is 1.56 bits per heavy atom. The van der Waals surface area contributed by atoms with E-state index in [0.29, 0.717) is 6.04 Å². The molecule has 2 N–H and O–H groups in total. The zero-order valence-corrected chi connectivity index (χ0v) is 10.3. The van der Waals surface area contributed by atoms with E-state index in [1.807, 2.05) is 19.4 Å². The van der Waals surface area contributed by atoms with Gasteiger partial charge in [0.1, 0.15) is 0 Å². The van der Waals surface area contributed by atoms with Crippen molar-refractivity contribution in [1.82, 2.24) is 9.55 Å². The van der Waals surface area contributed by atoms with Crippen LogP contribution in [0.4, 0.5) is 5.95 Å². The van der Waals surface area contributed by atoms with Crippen LogP contribution >= 0.6 is 0 Å². The summed E-state index contributed by atoms with van der Waals surface area (Å²) >= 11 is 0. The van der Waals surface area contributed by atoms with Crippen LogP contribution in [0.15, 0.2) is 12.4 Å². The number of anilines is 1. The van der Waals surface area contributed by atoms with Gasteiger partial charge in [-0.15, -0.1) is 0 Å². The fraction of sp³-hybridized carbons (Fsp3) is 0.750. The van der Waals surface area contributed by atoms with Crippen molar-refractivity contribution in [3.05, 3.63) is 12.4 Å². The molecule has 4 nitrogen and oxygen atoms in total. The summed E-state index contributed by atoms with van der Waals surface area (Å²) in [6.45, 7) is 4.09. The van der Waals surface area contributed by atoms with Crippen molar-refractivity contribution in [2.75, 3.05) is 18.0 Å². The second-order valence-corrected chi connectivity index (χ2v) is 4.72. The van der Waals surface area contributed by atoms with E-state index in [1.54, 1.807) is 0 Å². The predicted molar refractivity (Wildman–Crippen MR) is 66.4 cm³/mol. The number of rotatable bonds is 3. The van der Waals surface area contributed by atoms with Gasteiger partial charge in [-0.1, -0.05) is 13.3 Å². The van der Waals surface area contributed by atoms with Gasteiger partial charge in [-0.3, -0.25) is 0 Å². The highest BCUT2D eigenvalue weighted by Crippen LogP contribution is 2.27. The van der Waals surface area contributed by atoms with Crippen LogP contribution in [0, 0.1) is 5.92 Å². The van der Waals surface area contributed by atoms with Gasteiger partial charge in [0.15, 0.2) is 0 Å². The zero-order valence-electron chi connectivity index (χ0n) is 10.3. The number of nitrogens with zero attached hydrogens (tertiary/aromatic N) is 3. The second-order valence-electron chi connectivity index (χ2n) is 4.72. The minimum atomic E-state index is 0.458. The highest BCUT2D eigenvalue weighted by molar-refractivity contribution is 5.34. The lowest BCUT2D eigenvalue weighted by Crippen LogP contribution is -2.47. The lowest BCUT2D eigenvalue weighted by Gasteiger charge is -2.39. The predicted octanol–water partition coefficient (Wildman–Crippen LogP) is 1.37. The van der Waals surface area contributed by atoms with Crippen molar-refractivity contribution in [3.63, 3.8) is 0 Å². The Labute approximate surface area is 97.4 Å². The molecular weight excluding hydrogens is 200 g/mol. The summed E-state index contributed by atoms with van der Waals surface area (Å²) in [7, 11) is 2.04. The SMILES string of the molecule is CCC1CCN(c2nccn2C)C(CN)C1. The summed E-state index contributed by atoms with van der Waals surface area (Å²) in [5, 5.41) is 0. The largest absolute Gasteiger partial charge is 0.338 e. The molecule has 0 aliphatic carbocycles. The third kappa shape index (κ3) is 2.07. The third-order valence-corrected chi connectivity index (χ3v) is 3.73. The van der Waals surface area contributed by atoms with Crippen molar-refractivity contribution >= 4 is 5.95 Å². The van der Waals surface area contributed by atoms with Gasteiger partial charge in [0.25, 0.3) is 0 Å². The molecule has 0 bridgehead atoms. The van der Waals surface area contributed by atoms with E-state index in [-0.39, 0.29) is 0 Å². The molecule has 0 spiro atoms. The molecule has 2 rings (SSSR count). The molecule has 1 aliphatic heterocycles. The molecule has 0 amide bonds. The Balaban J connectivity index is 2.13. The van der Waals surface area contributed by atoms with E-state index in [2.05, 4.69) is 21.4 Å². The summed E-state index contributed by atoms with van der Waals surface area (Å²) in [4.78, 5) is 6.79. The van der Waals surface area contributed by atoms with E-state index in [1.165, 1.54) is 19.3 Å². The van der Waals surface area contributed by atoms with E-state index >= 15 is 0 Å². The van der Waals surface area contributed by atoms with Gasteiger partial charge in [0, 0.05) is 38.6 Å². The molecule has 1 aromatic rings. The fourth-order valence-electron chi connectivity index (χ4n) is 2.63. The topological polar surface area (TPSA) is 47.1 Å². The van der Waals surface area contributed by atoms with Crippen molar-refractivity contribution in [2.45, 2.75) is 32.2 Å². The smallest absolute Gasteiger partial charge is 0.205 e. The molecule has 1 saturated heterocycles. The molecule has 4 heteroatoms. The fourth-order valence-corrected chi connectivity index (χ4v) is 2.63. The molecular formula is C12H22N4. The van der Waals surface area contributed by atoms with Gasteiger partial charge in [0.05, 0.1) is 0 Å². The first-order valence-corrected chi connectivity index (χ1v) is 6.20. The quantitative estimate of drug-likeness (QED) is 0.840. The van der Waals surface area contributed by atoms with Crippen molar-refractivity contribution in [3.8, 4) is 0 Å². The Morgan fingerprint density at radius 2 is 2.38 bits per heavy atom. The van der Waals surface area contributed by atoms with Crippen molar-refractivity contribution < 1.29 is 0 Å². The van der Waals surface area contributed by atoms with Crippen LogP contribution in [0.25, 0.3) is 0 Å². The maximum absolute atomic E-state index is 5.89. The first kappa shape index (κ1) is 11.5. The molecule has 1 aromatic heterocycles. The molecule has 90 valence electrons. The molecule has 0 radical (unpaired) electrons. The van der Waals surface area contributed by atoms with Crippen LogP contribution in [-0.4, -0.2) is 28.7 Å². The summed E-state index contributed by atoms with van der Waals surface area (Å²) in [5.74, 6) is 1.90. The van der Waals surface area contributed by atoms with E-state index in [9.17, 15) is 0 Å². The number of aromatic nitrogens is 2. The number of aryl methyl sites for hydroxylation is 1. The number of nitrogens with two attached hydrogens (primary N) is 1. The molecule has 16 heavy (non-hydrogen) atoms. The molecule has 0 saturated carbocycles. The maximum atomic E-state index is 5.89. The average molecular weight is 222 g/mol. The summed E-state index contributed by atoms with van der Waals surface area (Å²) in [5.41, 5.74) is 5.89. The zero-order chi connectivity index (χ0) is 11.5. The Bertz CT molecular complexity index is 334. The normalized spacial score (nSPS) is 26.1. The van der Waals surface area contributed by atoms with Gasteiger partial charge >= 0.3 is 0 Å². The monoisotopic (exact) mass is 222 g/mol. The lowest BCUT2D eigenvalue weighted by molar-refractivity contribution is 0.331. The van der Waals surface area contributed by atoms with Gasteiger partial charge in [0.2, 0.25) is 5.95 Å². The van der Waals surface area contributed by atoms with Crippen LogP contribution in [0.5, 0.6) is 0 Å². The van der Waals surface area contributed by atoms with Crippen LogP contribution in [-0.2, 0) is 7.05 Å². The van der Waals surface area contributed by atoms with Gasteiger partial charge in [-0.25, -0.2) is 4.98 Å². The van der Waals surface area contributed by atoms with Gasteiger partial charge in [-0.05, 0) is 18.8 Å². The Kier molecular flexibility index (Phi) is 3.49. The number of imidazole rings is 1. The van der Waals surface area contributed by atoms with Gasteiger partial charge < -0.3 is 15.2 Å². The highest BCUT2D eigenvalue weighted by Gasteiger charge is 2.28. The lowest BCUT2D eigenvalue weighted by atomic mass is 9.89. The van der Waals surface area contributed by atoms with Crippen molar-refractivity contribution in [1.29, 1.82) is 0 Å². The van der Waals surface area contributed by atoms with Crippen molar-refractivity contribution in [2.24, 2.45) is 18.7 Å². The number of hydrogen-bond donors (Lipinski definition) is 1. The Hall–Kier alpha value is -1.03. The van der Waals surface area contributed by atoms with Crippen LogP contribution in [0.2, 0.25) is 0 Å². The van der Waals surface area contributed by atoms with E-state index in [0.717, 1.165) is 25.0 Å². The summed E-state index contributed by atoms with van der Waals surface area (Å²) < 4.78 is 2.08. The standard InChI is InChI=1S/C12H22N4/c1-3-10-4-6-16(11(8-10)9-13)12-14-5-7-15(12)2/h5,7,10-11H,3-4,6,8-9,13H2,1-2H3. The van der Waals surface area contributed by atoms with Crippen LogP contribution in [0.3, 0.4) is 0 Å². The molecule has 1 aliphatic rings. The molecule has 2 heterocycles. The van der Waals surface area contributed by atoms with Crippen LogP contribution < -0.4 is 10.6 Å². The average Bonchev–Trinajstić information content (AvgIpc) is 2.74. The summed E-state index contributed by atoms with van der Waals surface area (Å²) in [6.07, 6.45) is 7.59.